The molecule has 0 atom stereocenters. The van der Waals surface area contributed by atoms with E-state index in [-0.39, 0.29) is 5.75 Å². The van der Waals surface area contributed by atoms with Gasteiger partial charge in [-0.15, -0.1) is 11.8 Å². The Kier molecular flexibility index (Phi) is 4.39. The minimum atomic E-state index is -3.21. The first-order chi connectivity index (χ1) is 10.7. The third kappa shape index (κ3) is 3.28. The van der Waals surface area contributed by atoms with E-state index in [4.69, 9.17) is 0 Å². The second-order valence-electron chi connectivity index (χ2n) is 4.61. The van der Waals surface area contributed by atoms with E-state index in [1.54, 1.807) is 36.7 Å². The van der Waals surface area contributed by atoms with Crippen LogP contribution < -0.4 is 0 Å². The number of nitrogens with zero attached hydrogens (tertiary/aromatic N) is 3. The molecule has 3 rings (SSSR count). The fraction of sp³-hybridized carbons (Fsp3) is 0.214. The van der Waals surface area contributed by atoms with Gasteiger partial charge in [-0.25, -0.2) is 23.4 Å². The number of H-pyrrole nitrogens is 1. The predicted octanol–water partition coefficient (Wildman–Crippen LogP) is 2.31. The quantitative estimate of drug-likeness (QED) is 0.423. The standard InChI is InChI=1S/C14H14N4O2S2/c19-22(20,11-5-2-1-3-6-11)8-4-7-21-14-12-13(16-9-15-12)17-10-18-14/h1-3,5-6,9-10H,4,7-8H2,(H,15,16,17,18). The van der Waals surface area contributed by atoms with Crippen molar-refractivity contribution in [2.24, 2.45) is 0 Å². The topological polar surface area (TPSA) is 88.6 Å². The van der Waals surface area contributed by atoms with Crippen molar-refractivity contribution < 1.29 is 8.42 Å². The average molecular weight is 334 g/mol. The summed E-state index contributed by atoms with van der Waals surface area (Å²) in [6.07, 6.45) is 3.59. The molecule has 0 aliphatic heterocycles. The van der Waals surface area contributed by atoms with Gasteiger partial charge in [0.1, 0.15) is 16.9 Å². The van der Waals surface area contributed by atoms with E-state index in [0.717, 1.165) is 10.5 Å². The SMILES string of the molecule is O=S(=O)(CCCSc1ncnc2nc[nH]c12)c1ccccc1. The Morgan fingerprint density at radius 1 is 1.09 bits per heavy atom. The van der Waals surface area contributed by atoms with Gasteiger partial charge in [-0.2, -0.15) is 0 Å². The van der Waals surface area contributed by atoms with Gasteiger partial charge in [-0.3, -0.25) is 0 Å². The first-order valence-electron chi connectivity index (χ1n) is 6.71. The minimum Gasteiger partial charge on any atom is -0.341 e. The summed E-state index contributed by atoms with van der Waals surface area (Å²) in [5, 5.41) is 0.791. The Balaban J connectivity index is 1.59. The fourth-order valence-electron chi connectivity index (χ4n) is 2.02. The molecule has 0 saturated heterocycles. The van der Waals surface area contributed by atoms with Crippen LogP contribution in [0.2, 0.25) is 0 Å². The largest absolute Gasteiger partial charge is 0.341 e. The maximum atomic E-state index is 12.2. The zero-order valence-electron chi connectivity index (χ0n) is 11.6. The van der Waals surface area contributed by atoms with Gasteiger partial charge in [-0.1, -0.05) is 18.2 Å². The number of hydrogen-bond acceptors (Lipinski definition) is 6. The lowest BCUT2D eigenvalue weighted by molar-refractivity contribution is 0.595. The number of aromatic amines is 1. The number of sulfone groups is 1. The molecule has 2 heterocycles. The molecule has 0 saturated carbocycles. The van der Waals surface area contributed by atoms with Gasteiger partial charge < -0.3 is 4.98 Å². The molecule has 0 unspecified atom stereocenters. The van der Waals surface area contributed by atoms with Crippen LogP contribution in [-0.2, 0) is 9.84 Å². The Hall–Kier alpha value is -1.93. The molecule has 0 fully saturated rings. The van der Waals surface area contributed by atoms with E-state index >= 15 is 0 Å². The number of nitrogens with one attached hydrogen (secondary N) is 1. The van der Waals surface area contributed by atoms with Crippen LogP contribution in [0.15, 0.2) is 52.9 Å². The van der Waals surface area contributed by atoms with Gasteiger partial charge in [0.25, 0.3) is 0 Å². The van der Waals surface area contributed by atoms with E-state index in [2.05, 4.69) is 19.9 Å². The predicted molar refractivity (Wildman–Crippen MR) is 85.5 cm³/mol. The number of aromatic nitrogens is 4. The van der Waals surface area contributed by atoms with Crippen molar-refractivity contribution in [3.05, 3.63) is 43.0 Å². The Morgan fingerprint density at radius 3 is 2.73 bits per heavy atom. The van der Waals surface area contributed by atoms with Crippen molar-refractivity contribution in [1.82, 2.24) is 19.9 Å². The maximum Gasteiger partial charge on any atom is 0.181 e. The van der Waals surface area contributed by atoms with Crippen LogP contribution in [-0.4, -0.2) is 39.9 Å². The molecule has 6 nitrogen and oxygen atoms in total. The zero-order valence-corrected chi connectivity index (χ0v) is 13.3. The van der Waals surface area contributed by atoms with E-state index in [0.29, 0.717) is 22.7 Å². The number of imidazole rings is 1. The summed E-state index contributed by atoms with van der Waals surface area (Å²) in [5.41, 5.74) is 1.41. The van der Waals surface area contributed by atoms with Gasteiger partial charge in [0.2, 0.25) is 0 Å². The third-order valence-corrected chi connectivity index (χ3v) is 5.98. The number of thioether (sulfide) groups is 1. The second kappa shape index (κ2) is 6.45. The van der Waals surface area contributed by atoms with Crippen molar-refractivity contribution in [3.8, 4) is 0 Å². The van der Waals surface area contributed by atoms with E-state index < -0.39 is 9.84 Å². The lowest BCUT2D eigenvalue weighted by atomic mass is 10.4. The summed E-state index contributed by atoms with van der Waals surface area (Å²) >= 11 is 1.50. The van der Waals surface area contributed by atoms with E-state index in [1.165, 1.54) is 18.1 Å². The van der Waals surface area contributed by atoms with Gasteiger partial charge in [-0.05, 0) is 18.6 Å². The smallest absolute Gasteiger partial charge is 0.181 e. The van der Waals surface area contributed by atoms with Crippen LogP contribution in [0.4, 0.5) is 0 Å². The maximum absolute atomic E-state index is 12.2. The highest BCUT2D eigenvalue weighted by molar-refractivity contribution is 7.99. The second-order valence-corrected chi connectivity index (χ2v) is 7.81. The molecule has 8 heteroatoms. The highest BCUT2D eigenvalue weighted by Crippen LogP contribution is 2.23. The van der Waals surface area contributed by atoms with E-state index in [1.807, 2.05) is 0 Å². The Labute approximate surface area is 132 Å². The molecule has 1 N–H and O–H groups in total. The minimum absolute atomic E-state index is 0.126. The molecule has 3 aromatic rings. The number of hydrogen-bond donors (Lipinski definition) is 1. The molecule has 0 spiro atoms. The van der Waals surface area contributed by atoms with Crippen LogP contribution >= 0.6 is 11.8 Å². The van der Waals surface area contributed by atoms with Gasteiger partial charge >= 0.3 is 0 Å². The van der Waals surface area contributed by atoms with Crippen molar-refractivity contribution in [2.75, 3.05) is 11.5 Å². The summed E-state index contributed by atoms with van der Waals surface area (Å²) in [5.74, 6) is 0.790. The number of benzene rings is 1. The molecule has 22 heavy (non-hydrogen) atoms. The molecule has 1 aromatic carbocycles. The third-order valence-electron chi connectivity index (χ3n) is 3.09. The van der Waals surface area contributed by atoms with Crippen molar-refractivity contribution >= 4 is 32.8 Å². The van der Waals surface area contributed by atoms with Crippen LogP contribution in [0.1, 0.15) is 6.42 Å². The summed E-state index contributed by atoms with van der Waals surface area (Å²) in [6.45, 7) is 0. The van der Waals surface area contributed by atoms with Gasteiger partial charge in [0.05, 0.1) is 17.0 Å². The molecule has 0 aliphatic rings. The molecule has 0 amide bonds. The highest BCUT2D eigenvalue weighted by atomic mass is 32.2. The molecular formula is C14H14N4O2S2. The summed E-state index contributed by atoms with van der Waals surface area (Å²) in [7, 11) is -3.21. The van der Waals surface area contributed by atoms with Gasteiger partial charge in [0, 0.05) is 5.75 Å². The fourth-order valence-corrected chi connectivity index (χ4v) is 4.43. The van der Waals surface area contributed by atoms with Crippen LogP contribution in [0.25, 0.3) is 11.2 Å². The molecule has 114 valence electrons. The van der Waals surface area contributed by atoms with Crippen molar-refractivity contribution in [1.29, 1.82) is 0 Å². The lowest BCUT2D eigenvalue weighted by Crippen LogP contribution is -2.07. The average Bonchev–Trinajstić information content (AvgIpc) is 3.02. The molecule has 0 radical (unpaired) electrons. The first-order valence-corrected chi connectivity index (χ1v) is 9.35. The van der Waals surface area contributed by atoms with Crippen molar-refractivity contribution in [3.63, 3.8) is 0 Å². The number of rotatable bonds is 6. The summed E-state index contributed by atoms with van der Waals surface area (Å²) < 4.78 is 24.3. The lowest BCUT2D eigenvalue weighted by Gasteiger charge is -2.04. The van der Waals surface area contributed by atoms with Gasteiger partial charge in [0.15, 0.2) is 15.5 Å². The molecule has 0 aliphatic carbocycles. The van der Waals surface area contributed by atoms with Crippen LogP contribution in [0, 0.1) is 0 Å². The highest BCUT2D eigenvalue weighted by Gasteiger charge is 2.13. The first kappa shape index (κ1) is 15.0. The number of fused-ring (bicyclic) bond motifs is 1. The molecular weight excluding hydrogens is 320 g/mol. The summed E-state index contributed by atoms with van der Waals surface area (Å²) in [6, 6.07) is 8.52. The summed E-state index contributed by atoms with van der Waals surface area (Å²) in [4.78, 5) is 15.7. The van der Waals surface area contributed by atoms with Crippen molar-refractivity contribution in [2.45, 2.75) is 16.3 Å². The van der Waals surface area contributed by atoms with Crippen LogP contribution in [0.3, 0.4) is 0 Å². The molecule has 2 aromatic heterocycles. The van der Waals surface area contributed by atoms with E-state index in [9.17, 15) is 8.42 Å². The molecule has 0 bridgehead atoms. The Morgan fingerprint density at radius 2 is 1.91 bits per heavy atom. The normalized spacial score (nSPS) is 11.8. The monoisotopic (exact) mass is 334 g/mol. The zero-order chi connectivity index (χ0) is 15.4. The van der Waals surface area contributed by atoms with Crippen LogP contribution in [0.5, 0.6) is 0 Å². The Bertz CT molecular complexity index is 863.